The van der Waals surface area contributed by atoms with Crippen LogP contribution in [0.3, 0.4) is 0 Å². The third-order valence-corrected chi connectivity index (χ3v) is 6.90. The summed E-state index contributed by atoms with van der Waals surface area (Å²) in [6.07, 6.45) is -2.22. The number of nitrogens with one attached hydrogen (secondary N) is 7. The molecular weight excluding hydrogens is 680 g/mol. The molecule has 282 valence electrons. The Hall–Kier alpha value is -5.67. The number of aliphatic carboxylic acids is 2. The molecule has 0 radical (unpaired) electrons. The van der Waals surface area contributed by atoms with E-state index < -0.39 is 129 Å². The second-order valence-corrected chi connectivity index (χ2v) is 11.2. The molecule has 6 atom stereocenters. The molecule has 21 nitrogen and oxygen atoms in total. The largest absolute Gasteiger partial charge is 0.481 e. The highest BCUT2D eigenvalue weighted by molar-refractivity contribution is 5.95. The first-order valence-electron chi connectivity index (χ1n) is 15.5. The Bertz CT molecular complexity index is 1410. The smallest absolute Gasteiger partial charge is 0.326 e. The zero-order chi connectivity index (χ0) is 38.7. The van der Waals surface area contributed by atoms with Gasteiger partial charge in [-0.25, -0.2) is 4.79 Å². The minimum Gasteiger partial charge on any atom is -0.481 e. The van der Waals surface area contributed by atoms with E-state index in [4.69, 9.17) is 10.8 Å². The van der Waals surface area contributed by atoms with Crippen molar-refractivity contribution in [3.8, 4) is 0 Å². The summed E-state index contributed by atoms with van der Waals surface area (Å²) in [6.45, 7) is -0.545. The van der Waals surface area contributed by atoms with E-state index in [1.807, 2.05) is 0 Å². The van der Waals surface area contributed by atoms with Crippen molar-refractivity contribution in [2.45, 2.75) is 69.4 Å². The average Bonchev–Trinajstić information content (AvgIpc) is 3.08. The second kappa shape index (κ2) is 22.1. The minimum atomic E-state index is -1.55. The van der Waals surface area contributed by atoms with Gasteiger partial charge in [-0.05, 0) is 25.8 Å². The molecule has 1 rings (SSSR count). The van der Waals surface area contributed by atoms with Crippen LogP contribution in [0, 0.1) is 0 Å². The number of hydrogen-bond donors (Lipinski definition) is 12. The van der Waals surface area contributed by atoms with Crippen LogP contribution in [0.25, 0.3) is 0 Å². The number of aliphatic hydroxyl groups excluding tert-OH is 2. The summed E-state index contributed by atoms with van der Waals surface area (Å²) in [5.74, 6) is -9.08. The van der Waals surface area contributed by atoms with Gasteiger partial charge in [-0.2, -0.15) is 0 Å². The van der Waals surface area contributed by atoms with Gasteiger partial charge >= 0.3 is 11.9 Å². The Kier molecular flexibility index (Phi) is 18.8. The lowest BCUT2D eigenvalue weighted by Gasteiger charge is -2.21. The zero-order valence-corrected chi connectivity index (χ0v) is 27.8. The van der Waals surface area contributed by atoms with Crippen molar-refractivity contribution in [3.05, 3.63) is 35.9 Å². The van der Waals surface area contributed by atoms with Crippen LogP contribution in [0.5, 0.6) is 0 Å². The van der Waals surface area contributed by atoms with E-state index in [9.17, 15) is 58.5 Å². The highest BCUT2D eigenvalue weighted by Crippen LogP contribution is 2.04. The molecule has 0 saturated carbocycles. The summed E-state index contributed by atoms with van der Waals surface area (Å²) < 4.78 is 0. The maximum atomic E-state index is 12.7. The summed E-state index contributed by atoms with van der Waals surface area (Å²) in [4.78, 5) is 109. The second-order valence-electron chi connectivity index (χ2n) is 11.2. The van der Waals surface area contributed by atoms with Crippen LogP contribution in [0.2, 0.25) is 0 Å². The predicted molar refractivity (Wildman–Crippen MR) is 174 cm³/mol. The molecule has 21 heteroatoms. The number of carboxylic acid groups (broad SMARTS) is 2. The molecule has 0 spiro atoms. The quantitative estimate of drug-likeness (QED) is 0.0530. The van der Waals surface area contributed by atoms with Gasteiger partial charge in [-0.15, -0.1) is 0 Å². The van der Waals surface area contributed by atoms with Crippen LogP contribution in [0.15, 0.2) is 30.3 Å². The maximum Gasteiger partial charge on any atom is 0.326 e. The molecule has 0 aliphatic heterocycles. The lowest BCUT2D eigenvalue weighted by molar-refractivity contribution is -0.141. The number of rotatable bonds is 22. The zero-order valence-electron chi connectivity index (χ0n) is 27.8. The first kappa shape index (κ1) is 43.4. The van der Waals surface area contributed by atoms with E-state index >= 15 is 0 Å². The van der Waals surface area contributed by atoms with Gasteiger partial charge in [0.1, 0.15) is 30.2 Å². The van der Waals surface area contributed by atoms with Gasteiger partial charge in [-0.1, -0.05) is 30.3 Å². The van der Waals surface area contributed by atoms with Crippen molar-refractivity contribution in [2.75, 3.05) is 26.2 Å². The number of aliphatic hydroxyl groups is 2. The Morgan fingerprint density at radius 1 is 0.667 bits per heavy atom. The standard InChI is InChI=1S/C30H44N8O13/c1-15(35-29(49)25(31)16(2)40)26(46)38-20(14-39)28(48)33-11-21(41)32-12-22(42)36-18(8-9-24(44)45)27(47)34-13-23(43)37-19(30(50)51)10-17-6-4-3-5-7-17/h3-7,15-16,18-20,25,39-40H,8-14,31H2,1-2H3,(H,32,41)(H,33,48)(H,34,47)(H,35,49)(H,36,42)(H,37,43)(H,38,46)(H,44,45)(H,50,51)/t15-,16+,18-,19-,20-,25-/m0/s1. The first-order chi connectivity index (χ1) is 23.9. The Morgan fingerprint density at radius 3 is 1.73 bits per heavy atom. The number of hydrogen-bond acceptors (Lipinski definition) is 12. The van der Waals surface area contributed by atoms with Crippen molar-refractivity contribution in [1.29, 1.82) is 0 Å². The van der Waals surface area contributed by atoms with E-state index in [0.29, 0.717) is 5.56 Å². The molecule has 0 aliphatic rings. The topological polar surface area (TPSA) is 345 Å². The van der Waals surface area contributed by atoms with Gasteiger partial charge < -0.3 is 63.4 Å². The number of carboxylic acids is 2. The molecule has 0 aliphatic carbocycles. The average molecular weight is 725 g/mol. The van der Waals surface area contributed by atoms with Crippen LogP contribution in [0.4, 0.5) is 0 Å². The molecule has 0 unspecified atom stereocenters. The van der Waals surface area contributed by atoms with Gasteiger partial charge in [0.25, 0.3) is 0 Å². The number of amides is 7. The SMILES string of the molecule is C[C@H](NC(=O)[C@@H](N)[C@@H](C)O)C(=O)N[C@@H](CO)C(=O)NCC(=O)NCC(=O)N[C@@H](CCC(=O)O)C(=O)NCC(=O)N[C@@H](Cc1ccccc1)C(=O)O. The summed E-state index contributed by atoms with van der Waals surface area (Å²) >= 11 is 0. The summed E-state index contributed by atoms with van der Waals surface area (Å²) in [7, 11) is 0. The van der Waals surface area contributed by atoms with Gasteiger partial charge in [0.05, 0.1) is 32.3 Å². The minimum absolute atomic E-state index is 0.0382. The third-order valence-electron chi connectivity index (χ3n) is 6.90. The Morgan fingerprint density at radius 2 is 1.20 bits per heavy atom. The molecule has 7 amide bonds. The normalized spacial score (nSPS) is 14.1. The monoisotopic (exact) mass is 724 g/mol. The molecule has 0 aromatic heterocycles. The lowest BCUT2D eigenvalue weighted by atomic mass is 10.1. The first-order valence-corrected chi connectivity index (χ1v) is 15.5. The van der Waals surface area contributed by atoms with Gasteiger partial charge in [0.2, 0.25) is 41.4 Å². The fraction of sp³-hybridized carbons (Fsp3) is 0.500. The molecule has 51 heavy (non-hydrogen) atoms. The van der Waals surface area contributed by atoms with Crippen molar-refractivity contribution in [1.82, 2.24) is 37.2 Å². The molecule has 0 heterocycles. The number of carbonyl (C=O) groups is 9. The van der Waals surface area contributed by atoms with Crippen molar-refractivity contribution in [2.24, 2.45) is 5.73 Å². The highest BCUT2D eigenvalue weighted by Gasteiger charge is 2.28. The number of carbonyl (C=O) groups excluding carboxylic acids is 7. The fourth-order valence-electron chi connectivity index (χ4n) is 3.98. The molecule has 1 aromatic carbocycles. The Balaban J connectivity index is 2.62. The van der Waals surface area contributed by atoms with Gasteiger partial charge in [0, 0.05) is 12.8 Å². The molecule has 0 bridgehead atoms. The Labute approximate surface area is 291 Å². The van der Waals surface area contributed by atoms with Gasteiger partial charge in [0.15, 0.2) is 0 Å². The van der Waals surface area contributed by atoms with Crippen LogP contribution in [-0.4, -0.2) is 136 Å². The van der Waals surface area contributed by atoms with E-state index in [1.54, 1.807) is 30.3 Å². The van der Waals surface area contributed by atoms with Crippen molar-refractivity contribution >= 4 is 53.3 Å². The van der Waals surface area contributed by atoms with Crippen LogP contribution in [0.1, 0.15) is 32.3 Å². The summed E-state index contributed by atoms with van der Waals surface area (Å²) in [6, 6.07) is 1.56. The molecule has 0 fully saturated rings. The molecule has 0 saturated heterocycles. The van der Waals surface area contributed by atoms with E-state index in [0.717, 1.165) is 0 Å². The van der Waals surface area contributed by atoms with E-state index in [2.05, 4.69) is 37.2 Å². The molecule has 1 aromatic rings. The maximum absolute atomic E-state index is 12.7. The number of nitrogens with two attached hydrogens (primary N) is 1. The van der Waals surface area contributed by atoms with Crippen LogP contribution < -0.4 is 43.0 Å². The van der Waals surface area contributed by atoms with Crippen LogP contribution >= 0.6 is 0 Å². The molecular formula is C30H44N8O13. The van der Waals surface area contributed by atoms with Crippen LogP contribution in [-0.2, 0) is 49.6 Å². The van der Waals surface area contributed by atoms with Gasteiger partial charge in [-0.3, -0.25) is 38.4 Å². The summed E-state index contributed by atoms with van der Waals surface area (Å²) in [5.41, 5.74) is 6.12. The van der Waals surface area contributed by atoms with Crippen molar-refractivity contribution < 1.29 is 63.6 Å². The van der Waals surface area contributed by atoms with E-state index in [1.165, 1.54) is 13.8 Å². The molecule has 13 N–H and O–H groups in total. The third kappa shape index (κ3) is 17.0. The lowest BCUT2D eigenvalue weighted by Crippen LogP contribution is -2.57. The van der Waals surface area contributed by atoms with E-state index in [-0.39, 0.29) is 6.42 Å². The van der Waals surface area contributed by atoms with Crippen molar-refractivity contribution in [3.63, 3.8) is 0 Å². The number of benzene rings is 1. The highest BCUT2D eigenvalue weighted by atomic mass is 16.4. The summed E-state index contributed by atoms with van der Waals surface area (Å²) in [5, 5.41) is 52.7. The predicted octanol–water partition coefficient (Wildman–Crippen LogP) is -5.81. The fourth-order valence-corrected chi connectivity index (χ4v) is 3.98.